The molecule has 0 aliphatic carbocycles. The summed E-state index contributed by atoms with van der Waals surface area (Å²) in [4.78, 5) is 79.0. The molecule has 59 heavy (non-hydrogen) atoms. The van der Waals surface area contributed by atoms with Crippen LogP contribution in [-0.4, -0.2) is 80.3 Å². The van der Waals surface area contributed by atoms with E-state index in [0.29, 0.717) is 38.7 Å². The maximum absolute atomic E-state index is 13.8. The first kappa shape index (κ1) is 41.3. The van der Waals surface area contributed by atoms with Crippen LogP contribution in [0.1, 0.15) is 79.5 Å². The molecule has 0 unspecified atom stereocenters. The Morgan fingerprint density at radius 2 is 1.20 bits per heavy atom. The number of rotatable bonds is 6. The molecule has 2 aromatic heterocycles. The summed E-state index contributed by atoms with van der Waals surface area (Å²) in [6, 6.07) is 7.08. The van der Waals surface area contributed by atoms with Gasteiger partial charge in [-0.05, 0) is 38.8 Å². The number of ether oxygens (including phenoxy) is 2. The van der Waals surface area contributed by atoms with Crippen LogP contribution in [-0.2, 0) is 35.7 Å². The highest BCUT2D eigenvalue weighted by Gasteiger charge is 2.41. The summed E-state index contributed by atoms with van der Waals surface area (Å²) in [5.41, 5.74) is -1.49. The maximum Gasteiger partial charge on any atom is 0.274 e. The summed E-state index contributed by atoms with van der Waals surface area (Å²) in [5, 5.41) is 4.53. The number of aromatic nitrogens is 2. The van der Waals surface area contributed by atoms with Gasteiger partial charge in [0.1, 0.15) is 50.8 Å². The van der Waals surface area contributed by atoms with Crippen LogP contribution < -0.4 is 21.5 Å². The van der Waals surface area contributed by atoms with E-state index < -0.39 is 64.3 Å². The van der Waals surface area contributed by atoms with E-state index in [0.717, 1.165) is 24.3 Å². The Balaban J connectivity index is 0.000000179. The van der Waals surface area contributed by atoms with Gasteiger partial charge in [0.2, 0.25) is 5.43 Å². The fourth-order valence-electron chi connectivity index (χ4n) is 7.39. The van der Waals surface area contributed by atoms with Crippen molar-refractivity contribution in [2.24, 2.45) is 0 Å². The van der Waals surface area contributed by atoms with Crippen molar-refractivity contribution in [1.82, 2.24) is 29.6 Å². The molecule has 19 heteroatoms. The Morgan fingerprint density at radius 3 is 1.75 bits per heavy atom. The second-order valence-electron chi connectivity index (χ2n) is 14.5. The number of fused-ring (bicyclic) bond motifs is 4. The van der Waals surface area contributed by atoms with Crippen molar-refractivity contribution in [3.63, 3.8) is 0 Å². The van der Waals surface area contributed by atoms with E-state index in [1.54, 1.807) is 9.80 Å². The average Bonchev–Trinajstić information content (AvgIpc) is 3.18. The molecule has 4 amide bonds. The molecular formula is C40H37ClF4N6O8. The van der Waals surface area contributed by atoms with Crippen molar-refractivity contribution in [3.8, 4) is 0 Å². The monoisotopic (exact) mass is 840 g/mol. The van der Waals surface area contributed by atoms with Crippen molar-refractivity contribution in [3.05, 3.63) is 137 Å². The number of hydrogen-bond donors (Lipinski definition) is 2. The lowest BCUT2D eigenvalue weighted by molar-refractivity contribution is -0.112. The molecule has 310 valence electrons. The van der Waals surface area contributed by atoms with Crippen LogP contribution in [0.25, 0.3) is 0 Å². The van der Waals surface area contributed by atoms with Crippen LogP contribution in [0.3, 0.4) is 0 Å². The van der Waals surface area contributed by atoms with Crippen molar-refractivity contribution in [2.75, 3.05) is 13.2 Å². The van der Waals surface area contributed by atoms with Gasteiger partial charge in [0.05, 0.1) is 26.3 Å². The summed E-state index contributed by atoms with van der Waals surface area (Å²) in [5.74, 6) is -5.29. The standard InChI is InChI=1S/C20H18ClF2N3O4.C20H19F2N3O4/c1-10-4-5-30-15-9-25-8-13(18(27)16(21)17(25)20(29)26(10)15)19(28)24-7-11-2-3-12(22)6-14(11)23;1-11-4-5-29-18-10-24-9-14(17(26)7-16(24)20(28)25(11)18)19(27)23-8-12-2-3-13(21)6-15(12)22/h2-3,6,8,10,15H,4-5,7,9H2,1H3,(H,24,28);2-3,6-7,9,11,18H,4-5,8,10H2,1H3,(H,23,27)/t10-,15+;11-,18+/m11/s1. The number of nitrogens with zero attached hydrogens (tertiary/aromatic N) is 4. The smallest absolute Gasteiger partial charge is 0.274 e. The Hall–Kier alpha value is -5.85. The third-order valence-corrected chi connectivity index (χ3v) is 11.0. The quantitative estimate of drug-likeness (QED) is 0.276. The van der Waals surface area contributed by atoms with Crippen molar-refractivity contribution >= 4 is 35.2 Å². The van der Waals surface area contributed by atoms with Gasteiger partial charge in [0.15, 0.2) is 17.9 Å². The first-order chi connectivity index (χ1) is 28.1. The summed E-state index contributed by atoms with van der Waals surface area (Å²) >= 11 is 6.19. The van der Waals surface area contributed by atoms with Crippen LogP contribution in [0, 0.1) is 23.3 Å². The van der Waals surface area contributed by atoms with E-state index in [9.17, 15) is 46.3 Å². The molecule has 4 aromatic rings. The van der Waals surface area contributed by atoms with E-state index in [4.69, 9.17) is 21.1 Å². The van der Waals surface area contributed by atoms with E-state index in [-0.39, 0.29) is 76.3 Å². The molecule has 4 atom stereocenters. The average molecular weight is 841 g/mol. The third-order valence-electron chi connectivity index (χ3n) is 10.6. The highest BCUT2D eigenvalue weighted by Crippen LogP contribution is 2.29. The van der Waals surface area contributed by atoms with Crippen molar-refractivity contribution < 1.29 is 46.2 Å². The fourth-order valence-corrected chi connectivity index (χ4v) is 7.69. The van der Waals surface area contributed by atoms with Gasteiger partial charge in [-0.1, -0.05) is 23.7 Å². The number of pyridine rings is 2. The van der Waals surface area contributed by atoms with Gasteiger partial charge < -0.3 is 39.0 Å². The molecule has 6 heterocycles. The van der Waals surface area contributed by atoms with Gasteiger partial charge in [-0.25, -0.2) is 17.6 Å². The molecule has 2 aromatic carbocycles. The summed E-state index contributed by atoms with van der Waals surface area (Å²) < 4.78 is 67.8. The SMILES string of the molecule is C[C@@H]1CCO[C@H]2Cn3cc(C(=O)NCc4ccc(F)cc4F)c(=O)c(Cl)c3C(=O)N12.C[C@@H]1CCO[C@H]2Cn3cc(C(=O)NCc4ccc(F)cc4F)c(=O)cc3C(=O)N12. The molecule has 2 saturated heterocycles. The Kier molecular flexibility index (Phi) is 11.8. The van der Waals surface area contributed by atoms with Crippen molar-refractivity contribution in [1.29, 1.82) is 0 Å². The largest absolute Gasteiger partial charge is 0.356 e. The predicted molar refractivity (Wildman–Crippen MR) is 201 cm³/mol. The predicted octanol–water partition coefficient (Wildman–Crippen LogP) is 3.95. The Bertz CT molecular complexity index is 2500. The number of benzene rings is 2. The van der Waals surface area contributed by atoms with Gasteiger partial charge in [-0.2, -0.15) is 0 Å². The third kappa shape index (κ3) is 8.24. The number of carbonyl (C=O) groups excluding carboxylic acids is 4. The van der Waals surface area contributed by atoms with Crippen LogP contribution in [0.5, 0.6) is 0 Å². The lowest BCUT2D eigenvalue weighted by Gasteiger charge is -2.44. The first-order valence-corrected chi connectivity index (χ1v) is 19.0. The minimum absolute atomic E-state index is 0.00122. The normalized spacial score (nSPS) is 20.7. The lowest BCUT2D eigenvalue weighted by Crippen LogP contribution is -2.57. The van der Waals surface area contributed by atoms with Crippen LogP contribution in [0.15, 0.2) is 64.4 Å². The summed E-state index contributed by atoms with van der Waals surface area (Å²) in [6.45, 7) is 4.92. The minimum atomic E-state index is -0.815. The van der Waals surface area contributed by atoms with Gasteiger partial charge in [0.25, 0.3) is 23.6 Å². The molecule has 2 fully saturated rings. The molecule has 14 nitrogen and oxygen atoms in total. The van der Waals surface area contributed by atoms with E-state index >= 15 is 0 Å². The molecule has 0 saturated carbocycles. The summed E-state index contributed by atoms with van der Waals surface area (Å²) in [7, 11) is 0. The molecule has 2 N–H and O–H groups in total. The molecule has 0 bridgehead atoms. The Morgan fingerprint density at radius 1 is 0.712 bits per heavy atom. The topological polar surface area (TPSA) is 161 Å². The van der Waals surface area contributed by atoms with Crippen LogP contribution in [0.4, 0.5) is 17.6 Å². The van der Waals surface area contributed by atoms with Crippen LogP contribution in [0.2, 0.25) is 5.02 Å². The van der Waals surface area contributed by atoms with Crippen LogP contribution >= 0.6 is 11.6 Å². The van der Waals surface area contributed by atoms with Crippen molar-refractivity contribution in [2.45, 2.75) is 77.4 Å². The number of nitrogens with one attached hydrogen (secondary N) is 2. The number of amides is 4. The van der Waals surface area contributed by atoms with E-state index in [1.807, 2.05) is 13.8 Å². The van der Waals surface area contributed by atoms with Gasteiger partial charge in [-0.3, -0.25) is 28.8 Å². The number of carbonyl (C=O) groups is 4. The zero-order valence-electron chi connectivity index (χ0n) is 31.6. The zero-order valence-corrected chi connectivity index (χ0v) is 32.4. The first-order valence-electron chi connectivity index (χ1n) is 18.6. The zero-order chi connectivity index (χ0) is 42.3. The second kappa shape index (κ2) is 16.8. The highest BCUT2D eigenvalue weighted by molar-refractivity contribution is 6.33. The van der Waals surface area contributed by atoms with Gasteiger partial charge in [0, 0.05) is 66.9 Å². The molecular weight excluding hydrogens is 804 g/mol. The summed E-state index contributed by atoms with van der Waals surface area (Å²) in [6.07, 6.45) is 3.00. The Labute approximate surface area is 338 Å². The minimum Gasteiger partial charge on any atom is -0.356 e. The van der Waals surface area contributed by atoms with Gasteiger partial charge >= 0.3 is 0 Å². The molecule has 0 spiro atoms. The second-order valence-corrected chi connectivity index (χ2v) is 14.8. The number of halogens is 5. The van der Waals surface area contributed by atoms with E-state index in [1.165, 1.54) is 33.7 Å². The molecule has 8 rings (SSSR count). The maximum atomic E-state index is 13.8. The lowest BCUT2D eigenvalue weighted by atomic mass is 10.1. The molecule has 0 radical (unpaired) electrons. The highest BCUT2D eigenvalue weighted by atomic mass is 35.5. The number of hydrogen-bond acceptors (Lipinski definition) is 8. The fraction of sp³-hybridized carbons (Fsp3) is 0.350. The van der Waals surface area contributed by atoms with Gasteiger partial charge in [-0.15, -0.1) is 0 Å². The molecule has 4 aliphatic heterocycles. The van der Waals surface area contributed by atoms with E-state index in [2.05, 4.69) is 10.6 Å². The molecule has 4 aliphatic rings.